The van der Waals surface area contributed by atoms with Gasteiger partial charge in [0.25, 0.3) is 5.91 Å². The number of carbonyl (C=O) groups excluding carboxylic acids is 2. The van der Waals surface area contributed by atoms with Crippen LogP contribution < -0.4 is 5.32 Å². The zero-order chi connectivity index (χ0) is 26.8. The Kier molecular flexibility index (Phi) is 8.69. The molecule has 1 aliphatic rings. The number of aromatic nitrogens is 2. The number of ether oxygens (including phenoxy) is 1. The number of anilines is 2. The highest BCUT2D eigenvalue weighted by Crippen LogP contribution is 2.34. The van der Waals surface area contributed by atoms with Crippen LogP contribution in [0.25, 0.3) is 0 Å². The summed E-state index contributed by atoms with van der Waals surface area (Å²) in [6.45, 7) is 11.5. The molecule has 2 amide bonds. The minimum absolute atomic E-state index is 0.112. The average Bonchev–Trinajstić information content (AvgIpc) is 2.78. The quantitative estimate of drug-likeness (QED) is 0.515. The molecule has 1 saturated heterocycles. The molecule has 11 heteroatoms. The molecule has 196 valence electrons. The third-order valence-electron chi connectivity index (χ3n) is 5.74. The van der Waals surface area contributed by atoms with E-state index in [4.69, 9.17) is 27.9 Å². The zero-order valence-electron chi connectivity index (χ0n) is 21.4. The van der Waals surface area contributed by atoms with Gasteiger partial charge in [-0.15, -0.1) is 0 Å². The molecule has 0 aromatic carbocycles. The Morgan fingerprint density at radius 2 is 1.97 bits per heavy atom. The van der Waals surface area contributed by atoms with Crippen molar-refractivity contribution in [2.45, 2.75) is 59.1 Å². The van der Waals surface area contributed by atoms with E-state index in [-0.39, 0.29) is 53.7 Å². The van der Waals surface area contributed by atoms with Crippen molar-refractivity contribution in [3.8, 4) is 0 Å². The normalized spacial score (nSPS) is 16.3. The van der Waals surface area contributed by atoms with E-state index in [0.717, 1.165) is 16.9 Å². The van der Waals surface area contributed by atoms with Gasteiger partial charge in [-0.25, -0.2) is 9.78 Å². The number of hydrogen-bond donors (Lipinski definition) is 2. The van der Waals surface area contributed by atoms with Gasteiger partial charge in [-0.05, 0) is 51.3 Å². The van der Waals surface area contributed by atoms with Crippen molar-refractivity contribution in [1.82, 2.24) is 19.8 Å². The Balaban J connectivity index is 1.94. The van der Waals surface area contributed by atoms with Gasteiger partial charge in [-0.1, -0.05) is 37.0 Å². The minimum Gasteiger partial charge on any atom is -0.444 e. The molecule has 2 aromatic heterocycles. The van der Waals surface area contributed by atoms with E-state index in [0.29, 0.717) is 0 Å². The molecule has 0 saturated carbocycles. The molecule has 1 fully saturated rings. The number of nitrogens with one attached hydrogen (secondary N) is 1. The maximum absolute atomic E-state index is 13.8. The highest BCUT2D eigenvalue weighted by Gasteiger charge is 2.36. The topological polar surface area (TPSA) is 108 Å². The maximum atomic E-state index is 13.8. The van der Waals surface area contributed by atoms with Crippen LogP contribution in [0.1, 0.15) is 62.2 Å². The number of amides is 2. The molecule has 0 aliphatic carbocycles. The lowest BCUT2D eigenvalue weighted by Gasteiger charge is -2.41. The van der Waals surface area contributed by atoms with Crippen LogP contribution in [-0.2, 0) is 4.74 Å². The Labute approximate surface area is 221 Å². The van der Waals surface area contributed by atoms with E-state index in [1.165, 1.54) is 15.9 Å². The third-order valence-corrected chi connectivity index (χ3v) is 6.23. The summed E-state index contributed by atoms with van der Waals surface area (Å²) in [6.07, 6.45) is 1.24. The highest BCUT2D eigenvalue weighted by molar-refractivity contribution is 6.37. The van der Waals surface area contributed by atoms with Crippen LogP contribution in [0.3, 0.4) is 0 Å². The van der Waals surface area contributed by atoms with Crippen molar-refractivity contribution in [1.29, 1.82) is 0 Å². The fraction of sp³-hybridized carbons (Fsp3) is 0.520. The SMILES string of the molecule is Cc1ccnc(C(C)C)c1Nc1nc(Cl)cc(Cl)c1C(=O)N1CCN(C(=O)OC(C)(C)C)C[C@@H]1CO. The van der Waals surface area contributed by atoms with Crippen LogP contribution in [0.4, 0.5) is 16.3 Å². The summed E-state index contributed by atoms with van der Waals surface area (Å²) in [6, 6.07) is 2.62. The van der Waals surface area contributed by atoms with E-state index in [9.17, 15) is 14.7 Å². The number of rotatable bonds is 5. The van der Waals surface area contributed by atoms with Gasteiger partial charge in [0.2, 0.25) is 0 Å². The van der Waals surface area contributed by atoms with Crippen molar-refractivity contribution < 1.29 is 19.4 Å². The summed E-state index contributed by atoms with van der Waals surface area (Å²) >= 11 is 12.7. The molecular formula is C25H33Cl2N5O4. The first kappa shape index (κ1) is 28.0. The van der Waals surface area contributed by atoms with Crippen LogP contribution in [0.2, 0.25) is 10.2 Å². The number of piperazine rings is 1. The van der Waals surface area contributed by atoms with Crippen molar-refractivity contribution in [2.24, 2.45) is 0 Å². The Morgan fingerprint density at radius 1 is 1.28 bits per heavy atom. The molecule has 36 heavy (non-hydrogen) atoms. The fourth-order valence-electron chi connectivity index (χ4n) is 3.99. The second-order valence-electron chi connectivity index (χ2n) is 10.1. The van der Waals surface area contributed by atoms with Gasteiger partial charge in [0.1, 0.15) is 22.1 Å². The number of halogens is 2. The second-order valence-corrected chi connectivity index (χ2v) is 10.9. The van der Waals surface area contributed by atoms with Gasteiger partial charge in [0.15, 0.2) is 0 Å². The number of pyridine rings is 2. The van der Waals surface area contributed by atoms with E-state index in [2.05, 4.69) is 15.3 Å². The predicted octanol–water partition coefficient (Wildman–Crippen LogP) is 5.01. The van der Waals surface area contributed by atoms with E-state index in [1.807, 2.05) is 26.8 Å². The van der Waals surface area contributed by atoms with Gasteiger partial charge in [-0.3, -0.25) is 9.78 Å². The number of nitrogens with zero attached hydrogens (tertiary/aromatic N) is 4. The lowest BCUT2D eigenvalue weighted by molar-refractivity contribution is -0.00241. The molecule has 1 atom stereocenters. The van der Waals surface area contributed by atoms with Gasteiger partial charge in [-0.2, -0.15) is 0 Å². The summed E-state index contributed by atoms with van der Waals surface area (Å²) in [5.41, 5.74) is 1.93. The maximum Gasteiger partial charge on any atom is 0.410 e. The first-order valence-corrected chi connectivity index (χ1v) is 12.6. The molecule has 0 unspecified atom stereocenters. The first-order valence-electron chi connectivity index (χ1n) is 11.8. The molecule has 2 aromatic rings. The van der Waals surface area contributed by atoms with Crippen molar-refractivity contribution in [2.75, 3.05) is 31.6 Å². The summed E-state index contributed by atoms with van der Waals surface area (Å²) in [4.78, 5) is 38.2. The Hall–Kier alpha value is -2.62. The van der Waals surface area contributed by atoms with E-state index in [1.54, 1.807) is 27.0 Å². The van der Waals surface area contributed by atoms with Crippen LogP contribution in [0.5, 0.6) is 0 Å². The summed E-state index contributed by atoms with van der Waals surface area (Å²) in [5.74, 6) is -0.120. The molecule has 0 spiro atoms. The first-order chi connectivity index (χ1) is 16.8. The van der Waals surface area contributed by atoms with Gasteiger partial charge >= 0.3 is 6.09 Å². The number of carbonyl (C=O) groups is 2. The third kappa shape index (κ3) is 6.38. The summed E-state index contributed by atoms with van der Waals surface area (Å²) in [5, 5.41) is 13.6. The molecule has 0 radical (unpaired) electrons. The van der Waals surface area contributed by atoms with E-state index >= 15 is 0 Å². The molecule has 3 rings (SSSR count). The number of hydrogen-bond acceptors (Lipinski definition) is 7. The summed E-state index contributed by atoms with van der Waals surface area (Å²) < 4.78 is 5.45. The molecule has 9 nitrogen and oxygen atoms in total. The van der Waals surface area contributed by atoms with Crippen molar-refractivity contribution in [3.05, 3.63) is 45.3 Å². The molecule has 1 aliphatic heterocycles. The lowest BCUT2D eigenvalue weighted by Crippen LogP contribution is -2.58. The fourth-order valence-corrected chi connectivity index (χ4v) is 4.51. The van der Waals surface area contributed by atoms with Crippen molar-refractivity contribution in [3.63, 3.8) is 0 Å². The van der Waals surface area contributed by atoms with Crippen molar-refractivity contribution >= 4 is 46.7 Å². The van der Waals surface area contributed by atoms with E-state index < -0.39 is 23.6 Å². The van der Waals surface area contributed by atoms with Crippen LogP contribution in [0.15, 0.2) is 18.3 Å². The van der Waals surface area contributed by atoms with Crippen LogP contribution >= 0.6 is 23.2 Å². The predicted molar refractivity (Wildman–Crippen MR) is 140 cm³/mol. The molecular weight excluding hydrogens is 505 g/mol. The zero-order valence-corrected chi connectivity index (χ0v) is 22.9. The Bertz CT molecular complexity index is 1140. The van der Waals surface area contributed by atoms with Gasteiger partial charge in [0.05, 0.1) is 29.1 Å². The Morgan fingerprint density at radius 3 is 2.58 bits per heavy atom. The minimum atomic E-state index is -0.652. The van der Waals surface area contributed by atoms with Crippen LogP contribution in [-0.4, -0.2) is 74.8 Å². The van der Waals surface area contributed by atoms with Crippen LogP contribution in [0, 0.1) is 6.92 Å². The largest absolute Gasteiger partial charge is 0.444 e. The summed E-state index contributed by atoms with van der Waals surface area (Å²) in [7, 11) is 0. The lowest BCUT2D eigenvalue weighted by atomic mass is 10.0. The number of aliphatic hydroxyl groups is 1. The smallest absolute Gasteiger partial charge is 0.410 e. The van der Waals surface area contributed by atoms with Gasteiger partial charge in [0, 0.05) is 25.8 Å². The standard InChI is InChI=1S/C25H33Cl2N5O4/c1-14(2)20-21(15(3)7-8-28-20)30-22-19(17(26)11-18(27)29-22)23(34)32-10-9-31(12-16(32)13-33)24(35)36-25(4,5)6/h7-8,11,14,16,33H,9-10,12-13H2,1-6H3,(H,29,30)/t16-/m1/s1. The monoisotopic (exact) mass is 537 g/mol. The molecule has 2 N–H and O–H groups in total. The molecule has 0 bridgehead atoms. The number of aliphatic hydroxyl groups excluding tert-OH is 1. The highest BCUT2D eigenvalue weighted by atomic mass is 35.5. The molecule has 3 heterocycles. The average molecular weight is 538 g/mol. The van der Waals surface area contributed by atoms with Gasteiger partial charge < -0.3 is 25.0 Å². The second kappa shape index (κ2) is 11.2. The number of aryl methyl sites for hydroxylation is 1.